The number of phenolic OH excluding ortho intramolecular Hbond substituents is 1. The van der Waals surface area contributed by atoms with E-state index < -0.39 is 5.97 Å². The summed E-state index contributed by atoms with van der Waals surface area (Å²) >= 11 is 17.9. The van der Waals surface area contributed by atoms with E-state index in [0.717, 1.165) is 49.0 Å². The number of aryl methyl sites for hydroxylation is 4. The number of hydrogen-bond acceptors (Lipinski definition) is 9. The molecule has 0 saturated carbocycles. The van der Waals surface area contributed by atoms with Crippen LogP contribution in [0.15, 0.2) is 146 Å². The topological polar surface area (TPSA) is 154 Å². The number of carbonyl (C=O) groups is 2. The second-order valence-corrected chi connectivity index (χ2v) is 17.0. The molecule has 12 nitrogen and oxygen atoms in total. The largest absolute Gasteiger partial charge is 0.508 e. The lowest BCUT2D eigenvalue weighted by atomic mass is 9.95. The van der Waals surface area contributed by atoms with E-state index in [2.05, 4.69) is 51.4 Å². The molecule has 2 N–H and O–H groups in total. The van der Waals surface area contributed by atoms with Gasteiger partial charge in [-0.15, -0.1) is 11.6 Å². The number of phenols is 1. The standard InChI is InChI=1S/C26H24ClN3O3.C14H12Cl2.C13H15N3O3/c1-17-12-21(27)8-11-23(17)20-5-3-4-18(13-20)15-33-22-9-6-19(7-10-22)24(14-25(31)32)26-28-16-29-30(26)2;1-10-7-13(16)5-6-14(10)12-4-2-3-11(8-12)9-15;1-16-13(14-8-15-16)11(7-12(18)19-2)9-3-5-10(17)6-4-9/h3-13,16,24H,14-15H2,1-2H3,(H,31,32);2-8H,9H2,1H3;3-6,8,11,17H,7H2,1-2H3/t24-;;11-/m0.0/s1. The van der Waals surface area contributed by atoms with Crippen molar-refractivity contribution >= 4 is 46.7 Å². The Morgan fingerprint density at radius 3 is 1.59 bits per heavy atom. The minimum atomic E-state index is -0.890. The van der Waals surface area contributed by atoms with Crippen LogP contribution in [0, 0.1) is 13.8 Å². The summed E-state index contributed by atoms with van der Waals surface area (Å²) in [7, 11) is 4.88. The third kappa shape index (κ3) is 13.8. The lowest BCUT2D eigenvalue weighted by molar-refractivity contribution is -0.141. The number of rotatable bonds is 14. The maximum atomic E-state index is 11.5. The molecule has 0 fully saturated rings. The van der Waals surface area contributed by atoms with Gasteiger partial charge in [0, 0.05) is 30.0 Å². The summed E-state index contributed by atoms with van der Waals surface area (Å²) in [5.74, 6) is 0.874. The van der Waals surface area contributed by atoms with Crippen LogP contribution >= 0.6 is 34.8 Å². The summed E-state index contributed by atoms with van der Waals surface area (Å²) in [5, 5.41) is 28.3. The number of benzene rings is 6. The summed E-state index contributed by atoms with van der Waals surface area (Å²) in [4.78, 5) is 31.4. The van der Waals surface area contributed by atoms with Crippen LogP contribution in [0.3, 0.4) is 0 Å². The van der Waals surface area contributed by atoms with Gasteiger partial charge in [-0.05, 0) is 130 Å². The van der Waals surface area contributed by atoms with Crippen LogP contribution in [-0.2, 0) is 40.9 Å². The van der Waals surface area contributed by atoms with Gasteiger partial charge in [0.15, 0.2) is 0 Å². The highest BCUT2D eigenvalue weighted by molar-refractivity contribution is 6.31. The zero-order valence-electron chi connectivity index (χ0n) is 38.2. The minimum absolute atomic E-state index is 0.0658. The van der Waals surface area contributed by atoms with Gasteiger partial charge in [0.25, 0.3) is 0 Å². The highest BCUT2D eigenvalue weighted by Crippen LogP contribution is 2.31. The van der Waals surface area contributed by atoms with E-state index in [4.69, 9.17) is 44.3 Å². The van der Waals surface area contributed by atoms with E-state index in [9.17, 15) is 19.8 Å². The molecule has 8 rings (SSSR count). The number of carboxylic acids is 1. The van der Waals surface area contributed by atoms with Gasteiger partial charge in [-0.3, -0.25) is 19.0 Å². The molecule has 0 spiro atoms. The van der Waals surface area contributed by atoms with Crippen LogP contribution in [0.1, 0.15) is 69.7 Å². The second-order valence-electron chi connectivity index (χ2n) is 15.9. The maximum absolute atomic E-state index is 11.5. The number of esters is 1. The summed E-state index contributed by atoms with van der Waals surface area (Å²) in [5.41, 5.74) is 10.8. The van der Waals surface area contributed by atoms with E-state index in [-0.39, 0.29) is 36.4 Å². The molecule has 6 aromatic carbocycles. The van der Waals surface area contributed by atoms with Crippen LogP contribution in [0.5, 0.6) is 11.5 Å². The van der Waals surface area contributed by atoms with Gasteiger partial charge in [-0.25, -0.2) is 9.97 Å². The fourth-order valence-electron chi connectivity index (χ4n) is 7.60. The molecule has 2 atom stereocenters. The average Bonchev–Trinajstić information content (AvgIpc) is 3.97. The third-order valence-corrected chi connectivity index (χ3v) is 11.9. The maximum Gasteiger partial charge on any atom is 0.306 e. The number of nitrogens with zero attached hydrogens (tertiary/aromatic N) is 6. The third-order valence-electron chi connectivity index (χ3n) is 11.1. The molecule has 0 amide bonds. The summed E-state index contributed by atoms with van der Waals surface area (Å²) in [6, 6.07) is 42.5. The molecule has 0 aliphatic heterocycles. The first kappa shape index (κ1) is 50.4. The molecule has 0 unspecified atom stereocenters. The van der Waals surface area contributed by atoms with Crippen molar-refractivity contribution < 1.29 is 29.3 Å². The Balaban J connectivity index is 0.000000184. The second kappa shape index (κ2) is 24.2. The molecule has 0 aliphatic carbocycles. The van der Waals surface area contributed by atoms with Gasteiger partial charge in [-0.1, -0.05) is 96.0 Å². The number of carboxylic acid groups (broad SMARTS) is 1. The summed E-state index contributed by atoms with van der Waals surface area (Å²) in [6.07, 6.45) is 2.98. The summed E-state index contributed by atoms with van der Waals surface area (Å²) in [6.45, 7) is 4.53. The number of aliphatic carboxylic acids is 1. The number of hydrogen-bond donors (Lipinski definition) is 2. The van der Waals surface area contributed by atoms with E-state index in [1.807, 2.05) is 91.9 Å². The fourth-order valence-corrected chi connectivity index (χ4v) is 8.22. The van der Waals surface area contributed by atoms with Crippen molar-refractivity contribution in [1.82, 2.24) is 29.5 Å². The zero-order valence-corrected chi connectivity index (χ0v) is 40.5. The van der Waals surface area contributed by atoms with Crippen molar-refractivity contribution in [3.8, 4) is 33.8 Å². The molecule has 350 valence electrons. The van der Waals surface area contributed by atoms with Gasteiger partial charge < -0.3 is 19.7 Å². The number of carbonyl (C=O) groups excluding carboxylic acids is 1. The number of aromatic nitrogens is 6. The van der Waals surface area contributed by atoms with Gasteiger partial charge in [-0.2, -0.15) is 10.2 Å². The molecule has 0 radical (unpaired) electrons. The Morgan fingerprint density at radius 1 is 0.647 bits per heavy atom. The molecule has 0 bridgehead atoms. The lowest BCUT2D eigenvalue weighted by Gasteiger charge is -2.15. The van der Waals surface area contributed by atoms with E-state index in [1.54, 1.807) is 47.7 Å². The predicted octanol–water partition coefficient (Wildman–Crippen LogP) is 11.9. The van der Waals surface area contributed by atoms with Crippen molar-refractivity contribution in [2.24, 2.45) is 14.1 Å². The summed E-state index contributed by atoms with van der Waals surface area (Å²) < 4.78 is 13.9. The molecular weight excluding hydrogens is 923 g/mol. The predicted molar refractivity (Wildman–Crippen MR) is 266 cm³/mol. The first-order valence-electron chi connectivity index (χ1n) is 21.5. The molecule has 15 heteroatoms. The van der Waals surface area contributed by atoms with E-state index in [1.165, 1.54) is 36.5 Å². The van der Waals surface area contributed by atoms with E-state index >= 15 is 0 Å². The fraction of sp³-hybridized carbons (Fsp3) is 0.208. The first-order valence-corrected chi connectivity index (χ1v) is 22.8. The van der Waals surface area contributed by atoms with Crippen LogP contribution in [-0.4, -0.2) is 58.8 Å². The number of ether oxygens (including phenoxy) is 2. The SMILES string of the molecule is COC(=O)C[C@@H](c1ccc(O)cc1)c1ncnn1C.Cc1cc(Cl)ccc1-c1cccc(CCl)c1.Cc1cc(Cl)ccc1-c1cccc(COc2ccc([C@H](CC(=O)O)c3ncnn3C)cc2)c1. The van der Waals surface area contributed by atoms with Crippen molar-refractivity contribution in [2.75, 3.05) is 7.11 Å². The van der Waals surface area contributed by atoms with Gasteiger partial charge in [0.05, 0.1) is 31.8 Å². The molecule has 2 heterocycles. The number of aromatic hydroxyl groups is 1. The Labute approximate surface area is 410 Å². The molecule has 0 aliphatic rings. The monoisotopic (exact) mass is 972 g/mol. The van der Waals surface area contributed by atoms with Crippen molar-refractivity contribution in [1.29, 1.82) is 0 Å². The van der Waals surface area contributed by atoms with Crippen molar-refractivity contribution in [2.45, 2.75) is 51.0 Å². The molecule has 8 aromatic rings. The molecular formula is C53H51Cl3N6O6. The lowest BCUT2D eigenvalue weighted by Crippen LogP contribution is -2.14. The van der Waals surface area contributed by atoms with Crippen molar-refractivity contribution in [3.05, 3.63) is 201 Å². The van der Waals surface area contributed by atoms with Crippen LogP contribution in [0.25, 0.3) is 22.3 Å². The number of alkyl halides is 1. The first-order chi connectivity index (χ1) is 32.7. The number of methoxy groups -OCH3 is 1. The van der Waals surface area contributed by atoms with Crippen molar-refractivity contribution in [3.63, 3.8) is 0 Å². The van der Waals surface area contributed by atoms with Crippen LogP contribution < -0.4 is 4.74 Å². The number of halogens is 3. The highest BCUT2D eigenvalue weighted by atomic mass is 35.5. The molecule has 0 saturated heterocycles. The van der Waals surface area contributed by atoms with E-state index in [0.29, 0.717) is 29.9 Å². The van der Waals surface area contributed by atoms with Crippen LogP contribution in [0.4, 0.5) is 0 Å². The van der Waals surface area contributed by atoms with Gasteiger partial charge in [0.2, 0.25) is 0 Å². The average molecular weight is 974 g/mol. The quantitative estimate of drug-likeness (QED) is 0.0795. The van der Waals surface area contributed by atoms with Gasteiger partial charge >= 0.3 is 11.9 Å². The Hall–Kier alpha value is -6.99. The molecule has 2 aromatic heterocycles. The smallest absolute Gasteiger partial charge is 0.306 e. The normalized spacial score (nSPS) is 11.6. The minimum Gasteiger partial charge on any atom is -0.508 e. The van der Waals surface area contributed by atoms with Crippen LogP contribution in [0.2, 0.25) is 10.0 Å². The highest BCUT2D eigenvalue weighted by Gasteiger charge is 2.24. The van der Waals surface area contributed by atoms with Gasteiger partial charge in [0.1, 0.15) is 42.4 Å². The zero-order chi connectivity index (χ0) is 48.7. The Bertz CT molecular complexity index is 2940. The molecule has 68 heavy (non-hydrogen) atoms. The Kier molecular flexibility index (Phi) is 17.9. The Morgan fingerprint density at radius 2 is 1.13 bits per heavy atom.